The van der Waals surface area contributed by atoms with Crippen LogP contribution in [0, 0.1) is 0 Å². The Hall–Kier alpha value is -2.41. The molecule has 1 aliphatic rings. The minimum atomic E-state index is -3.19. The summed E-state index contributed by atoms with van der Waals surface area (Å²) in [5, 5.41) is 8.36. The highest BCUT2D eigenvalue weighted by atomic mass is 32.2. The number of hydrogen-bond acceptors (Lipinski definition) is 4. The zero-order valence-corrected chi connectivity index (χ0v) is 14.2. The van der Waals surface area contributed by atoms with Crippen LogP contribution in [0.1, 0.15) is 34.9 Å². The smallest absolute Gasteiger partial charge is 0.270 e. The quantitative estimate of drug-likeness (QED) is 0.869. The number of benzene rings is 1. The number of nitrogens with zero attached hydrogens (tertiary/aromatic N) is 2. The molecule has 7 heteroatoms. The minimum absolute atomic E-state index is 0.143. The van der Waals surface area contributed by atoms with Crippen molar-refractivity contribution in [3.8, 4) is 5.69 Å². The number of carbonyl (C=O) groups is 1. The van der Waals surface area contributed by atoms with Crippen LogP contribution in [-0.4, -0.2) is 36.9 Å². The number of amides is 1. The fourth-order valence-corrected chi connectivity index (χ4v) is 2.82. The largest absolute Gasteiger partial charge is 0.347 e. The topological polar surface area (TPSA) is 81.1 Å². The van der Waals surface area contributed by atoms with E-state index in [1.54, 1.807) is 4.68 Å². The Balaban J connectivity index is 1.81. The summed E-state index contributed by atoms with van der Waals surface area (Å²) in [7, 11) is -3.19. The summed E-state index contributed by atoms with van der Waals surface area (Å²) in [5.74, 6) is 0.156. The van der Waals surface area contributed by atoms with Gasteiger partial charge in [0.15, 0.2) is 9.84 Å². The van der Waals surface area contributed by atoms with Gasteiger partial charge in [-0.25, -0.2) is 13.1 Å². The third kappa shape index (κ3) is 4.11. The van der Waals surface area contributed by atoms with Crippen molar-refractivity contribution in [3.63, 3.8) is 0 Å². The van der Waals surface area contributed by atoms with Crippen LogP contribution in [0.2, 0.25) is 0 Å². The van der Waals surface area contributed by atoms with Crippen molar-refractivity contribution in [3.05, 3.63) is 59.3 Å². The molecule has 1 amide bonds. The van der Waals surface area contributed by atoms with Crippen LogP contribution in [0.4, 0.5) is 0 Å². The van der Waals surface area contributed by atoms with E-state index in [9.17, 15) is 13.2 Å². The first-order valence-electron chi connectivity index (χ1n) is 7.74. The second-order valence-corrected chi connectivity index (χ2v) is 7.82. The Morgan fingerprint density at radius 1 is 1.33 bits per heavy atom. The molecule has 2 aromatic rings. The van der Waals surface area contributed by atoms with Crippen molar-refractivity contribution >= 4 is 15.7 Å². The van der Waals surface area contributed by atoms with Gasteiger partial charge < -0.3 is 5.32 Å². The van der Waals surface area contributed by atoms with E-state index in [-0.39, 0.29) is 12.5 Å². The summed E-state index contributed by atoms with van der Waals surface area (Å²) in [4.78, 5) is 12.5. The van der Waals surface area contributed by atoms with Crippen LogP contribution < -0.4 is 5.32 Å². The number of nitrogens with one attached hydrogen (secondary N) is 1. The van der Waals surface area contributed by atoms with Gasteiger partial charge in [-0.1, -0.05) is 24.3 Å². The van der Waals surface area contributed by atoms with Gasteiger partial charge in [0.25, 0.3) is 5.91 Å². The molecule has 0 bridgehead atoms. The maximum absolute atomic E-state index is 12.5. The van der Waals surface area contributed by atoms with Crippen LogP contribution in [0.5, 0.6) is 0 Å². The van der Waals surface area contributed by atoms with E-state index in [2.05, 4.69) is 10.4 Å². The zero-order valence-electron chi connectivity index (χ0n) is 13.3. The highest BCUT2D eigenvalue weighted by Gasteiger charge is 2.28. The Morgan fingerprint density at radius 2 is 2.04 bits per heavy atom. The van der Waals surface area contributed by atoms with E-state index >= 15 is 0 Å². The van der Waals surface area contributed by atoms with E-state index in [1.807, 2.05) is 36.4 Å². The maximum atomic E-state index is 12.5. The number of aromatic nitrogens is 2. The first-order valence-corrected chi connectivity index (χ1v) is 9.70. The van der Waals surface area contributed by atoms with Crippen molar-refractivity contribution < 1.29 is 13.2 Å². The van der Waals surface area contributed by atoms with Crippen molar-refractivity contribution in [2.45, 2.75) is 18.8 Å². The lowest BCUT2D eigenvalue weighted by Crippen LogP contribution is -2.26. The molecule has 1 heterocycles. The molecule has 24 heavy (non-hydrogen) atoms. The predicted molar refractivity (Wildman–Crippen MR) is 91.9 cm³/mol. The number of para-hydroxylation sites is 1. The van der Waals surface area contributed by atoms with Gasteiger partial charge in [0, 0.05) is 24.1 Å². The van der Waals surface area contributed by atoms with Gasteiger partial charge in [-0.15, -0.1) is 0 Å². The lowest BCUT2D eigenvalue weighted by molar-refractivity contribution is 0.0950. The average Bonchev–Trinajstić information content (AvgIpc) is 3.30. The first kappa shape index (κ1) is 16.4. The lowest BCUT2D eigenvalue weighted by atomic mass is 10.2. The molecule has 1 fully saturated rings. The lowest BCUT2D eigenvalue weighted by Gasteiger charge is -2.07. The van der Waals surface area contributed by atoms with Crippen LogP contribution >= 0.6 is 0 Å². The molecule has 0 aliphatic heterocycles. The number of carbonyl (C=O) groups excluding carboxylic acids is 1. The molecule has 0 saturated heterocycles. The molecule has 1 aliphatic carbocycles. The monoisotopic (exact) mass is 345 g/mol. The van der Waals surface area contributed by atoms with E-state index in [0.29, 0.717) is 11.6 Å². The highest BCUT2D eigenvalue weighted by Crippen LogP contribution is 2.39. The van der Waals surface area contributed by atoms with Crippen molar-refractivity contribution in [2.75, 3.05) is 12.8 Å². The second-order valence-electron chi connectivity index (χ2n) is 5.89. The van der Waals surface area contributed by atoms with Gasteiger partial charge in [0.1, 0.15) is 5.69 Å². The van der Waals surface area contributed by atoms with Crippen molar-refractivity contribution in [1.82, 2.24) is 15.1 Å². The maximum Gasteiger partial charge on any atom is 0.270 e. The minimum Gasteiger partial charge on any atom is -0.347 e. The summed E-state index contributed by atoms with van der Waals surface area (Å²) >= 11 is 0. The Morgan fingerprint density at radius 3 is 2.67 bits per heavy atom. The van der Waals surface area contributed by atoms with E-state index < -0.39 is 9.84 Å². The fraction of sp³-hybridized carbons (Fsp3) is 0.294. The van der Waals surface area contributed by atoms with E-state index in [1.165, 1.54) is 6.08 Å². The summed E-state index contributed by atoms with van der Waals surface area (Å²) in [5.41, 5.74) is 2.20. The van der Waals surface area contributed by atoms with Gasteiger partial charge in [0.05, 0.1) is 11.4 Å². The molecule has 1 aromatic heterocycles. The zero-order chi connectivity index (χ0) is 17.2. The normalized spacial score (nSPS) is 14.9. The Kier molecular flexibility index (Phi) is 4.53. The summed E-state index contributed by atoms with van der Waals surface area (Å²) in [6.45, 7) is 0.143. The van der Waals surface area contributed by atoms with Gasteiger partial charge in [-0.05, 0) is 31.0 Å². The van der Waals surface area contributed by atoms with Crippen molar-refractivity contribution in [1.29, 1.82) is 0 Å². The third-order valence-electron chi connectivity index (χ3n) is 3.68. The number of hydrogen-bond donors (Lipinski definition) is 1. The molecule has 1 saturated carbocycles. The molecule has 0 atom stereocenters. The molecule has 0 radical (unpaired) electrons. The molecule has 126 valence electrons. The third-order valence-corrected chi connectivity index (χ3v) is 4.37. The molecular formula is C17H19N3O3S. The first-order chi connectivity index (χ1) is 11.4. The van der Waals surface area contributed by atoms with Gasteiger partial charge in [-0.2, -0.15) is 5.10 Å². The van der Waals surface area contributed by atoms with E-state index in [4.69, 9.17) is 0 Å². The molecular weight excluding hydrogens is 326 g/mol. The molecule has 1 aromatic carbocycles. The fourth-order valence-electron chi connectivity index (χ4n) is 2.37. The summed E-state index contributed by atoms with van der Waals surface area (Å²) in [6, 6.07) is 11.3. The summed E-state index contributed by atoms with van der Waals surface area (Å²) in [6.07, 6.45) is 4.73. The van der Waals surface area contributed by atoms with Gasteiger partial charge in [-0.3, -0.25) is 4.79 Å². The molecule has 1 N–H and O–H groups in total. The molecule has 3 rings (SSSR count). The van der Waals surface area contributed by atoms with Crippen LogP contribution in [-0.2, 0) is 9.84 Å². The van der Waals surface area contributed by atoms with Crippen LogP contribution in [0.25, 0.3) is 5.69 Å². The second kappa shape index (κ2) is 6.60. The molecule has 0 unspecified atom stereocenters. The molecule has 6 nitrogen and oxygen atoms in total. The Bertz CT molecular complexity index is 866. The number of sulfone groups is 1. The highest BCUT2D eigenvalue weighted by molar-refractivity contribution is 7.93. The standard InChI is InChI=1S/C17H19N3O3S/c1-24(22,23)11-5-10-18-17(21)16-12-15(13-8-9-13)19-20(16)14-6-3-2-4-7-14/h2-7,11-13H,8-10H2,1H3,(H,18,21)/b11-5+. The van der Waals surface area contributed by atoms with Crippen molar-refractivity contribution in [2.24, 2.45) is 0 Å². The van der Waals surface area contributed by atoms with Crippen LogP contribution in [0.15, 0.2) is 47.9 Å². The summed E-state index contributed by atoms with van der Waals surface area (Å²) < 4.78 is 23.8. The Labute approximate surface area is 141 Å². The van der Waals surface area contributed by atoms with Gasteiger partial charge in [0.2, 0.25) is 0 Å². The predicted octanol–water partition coefficient (Wildman–Crippen LogP) is 2.04. The van der Waals surface area contributed by atoms with E-state index in [0.717, 1.165) is 35.9 Å². The van der Waals surface area contributed by atoms with Crippen LogP contribution in [0.3, 0.4) is 0 Å². The molecule has 0 spiro atoms. The SMILES string of the molecule is CS(=O)(=O)/C=C/CNC(=O)c1cc(C2CC2)nn1-c1ccccc1. The van der Waals surface area contributed by atoms with Gasteiger partial charge >= 0.3 is 0 Å². The average molecular weight is 345 g/mol. The number of rotatable bonds is 6.